The second-order valence-electron chi connectivity index (χ2n) is 5.53. The average molecular weight is 245 g/mol. The van der Waals surface area contributed by atoms with Gasteiger partial charge in [-0.2, -0.15) is 0 Å². The van der Waals surface area contributed by atoms with Crippen molar-refractivity contribution in [1.29, 1.82) is 0 Å². The highest BCUT2D eigenvalue weighted by molar-refractivity contribution is 5.85. The lowest BCUT2D eigenvalue weighted by atomic mass is 9.99. The van der Waals surface area contributed by atoms with E-state index >= 15 is 0 Å². The number of hydrogen-bond donors (Lipinski definition) is 2. The van der Waals surface area contributed by atoms with Crippen LogP contribution in [0, 0.1) is 0 Å². The second-order valence-corrected chi connectivity index (χ2v) is 5.53. The molecule has 17 heavy (non-hydrogen) atoms. The van der Waals surface area contributed by atoms with Crippen molar-refractivity contribution in [3.05, 3.63) is 0 Å². The number of ether oxygens (including phenoxy) is 1. The molecule has 0 radical (unpaired) electrons. The molecule has 0 aromatic heterocycles. The number of aliphatic hydroxyl groups is 1. The van der Waals surface area contributed by atoms with Crippen molar-refractivity contribution in [1.82, 2.24) is 4.90 Å². The van der Waals surface area contributed by atoms with Crippen molar-refractivity contribution in [3.63, 3.8) is 0 Å². The van der Waals surface area contributed by atoms with Crippen LogP contribution in [0.3, 0.4) is 0 Å². The number of carboxylic acid groups (broad SMARTS) is 1. The largest absolute Gasteiger partial charge is 0.480 e. The summed E-state index contributed by atoms with van der Waals surface area (Å²) >= 11 is 0. The first kappa shape index (κ1) is 13.8. The Hall–Kier alpha value is -1.30. The molecule has 1 aliphatic heterocycles. The zero-order valence-electron chi connectivity index (χ0n) is 10.6. The van der Waals surface area contributed by atoms with Crippen molar-refractivity contribution < 1.29 is 24.5 Å². The van der Waals surface area contributed by atoms with Crippen LogP contribution in [0.15, 0.2) is 0 Å². The van der Waals surface area contributed by atoms with Crippen molar-refractivity contribution in [2.45, 2.75) is 51.4 Å². The van der Waals surface area contributed by atoms with E-state index in [1.54, 1.807) is 20.8 Å². The first-order valence-corrected chi connectivity index (χ1v) is 5.48. The van der Waals surface area contributed by atoms with E-state index in [4.69, 9.17) is 9.84 Å². The number of nitrogens with zero attached hydrogens (tertiary/aromatic N) is 1. The van der Waals surface area contributed by atoms with Crippen LogP contribution in [-0.2, 0) is 9.53 Å². The Balaban J connectivity index is 2.88. The highest BCUT2D eigenvalue weighted by atomic mass is 16.6. The smallest absolute Gasteiger partial charge is 0.411 e. The van der Waals surface area contributed by atoms with Crippen LogP contribution in [0.2, 0.25) is 0 Å². The molecule has 1 amide bonds. The first-order valence-electron chi connectivity index (χ1n) is 5.48. The molecule has 1 rings (SSSR count). The van der Waals surface area contributed by atoms with E-state index in [2.05, 4.69) is 0 Å². The fourth-order valence-corrected chi connectivity index (χ4v) is 1.84. The fraction of sp³-hybridized carbons (Fsp3) is 0.818. The Morgan fingerprint density at radius 3 is 2.35 bits per heavy atom. The Bertz CT molecular complexity index is 335. The van der Waals surface area contributed by atoms with Crippen LogP contribution in [0.5, 0.6) is 0 Å². The molecule has 2 atom stereocenters. The molecular weight excluding hydrogens is 226 g/mol. The molecule has 0 aromatic carbocycles. The summed E-state index contributed by atoms with van der Waals surface area (Å²) in [6.45, 7) is 6.51. The van der Waals surface area contributed by atoms with Gasteiger partial charge in [0.2, 0.25) is 0 Å². The van der Waals surface area contributed by atoms with Gasteiger partial charge in [-0.3, -0.25) is 4.90 Å². The molecule has 1 heterocycles. The van der Waals surface area contributed by atoms with Crippen LogP contribution in [-0.4, -0.2) is 51.0 Å². The van der Waals surface area contributed by atoms with E-state index in [0.29, 0.717) is 0 Å². The molecule has 0 bridgehead atoms. The van der Waals surface area contributed by atoms with Crippen molar-refractivity contribution in [3.8, 4) is 0 Å². The van der Waals surface area contributed by atoms with Crippen molar-refractivity contribution >= 4 is 12.1 Å². The predicted octanol–water partition coefficient (Wildman–Crippen LogP) is 0.831. The molecule has 6 heteroatoms. The number of aliphatic carboxylic acids is 1. The van der Waals surface area contributed by atoms with Crippen molar-refractivity contribution in [2.75, 3.05) is 6.54 Å². The standard InChI is InChI=1S/C11H19NO5/c1-10(2,3)17-9(16)12-6-7(13)5-11(12,4)8(14)15/h7,13H,5-6H2,1-4H3,(H,14,15)/t7?,11-/m0/s1. The summed E-state index contributed by atoms with van der Waals surface area (Å²) in [6.07, 6.45) is -1.52. The highest BCUT2D eigenvalue weighted by Crippen LogP contribution is 2.31. The van der Waals surface area contributed by atoms with E-state index in [-0.39, 0.29) is 13.0 Å². The number of amides is 1. The zero-order valence-corrected chi connectivity index (χ0v) is 10.6. The maximum atomic E-state index is 11.9. The molecule has 0 aromatic rings. The molecule has 98 valence electrons. The van der Waals surface area contributed by atoms with Gasteiger partial charge in [-0.15, -0.1) is 0 Å². The number of carbonyl (C=O) groups excluding carboxylic acids is 1. The SMILES string of the molecule is CC(C)(C)OC(=O)N1CC(O)C[C@@]1(C)C(=O)O. The monoisotopic (exact) mass is 245 g/mol. The predicted molar refractivity (Wildman–Crippen MR) is 59.6 cm³/mol. The summed E-state index contributed by atoms with van der Waals surface area (Å²) in [5.74, 6) is -1.14. The summed E-state index contributed by atoms with van der Waals surface area (Å²) in [6, 6.07) is 0. The quantitative estimate of drug-likeness (QED) is 0.714. The number of carboxylic acids is 1. The Morgan fingerprint density at radius 2 is 1.94 bits per heavy atom. The van der Waals surface area contributed by atoms with E-state index in [1.807, 2.05) is 0 Å². The maximum Gasteiger partial charge on any atom is 0.411 e. The van der Waals surface area contributed by atoms with Gasteiger partial charge in [0.25, 0.3) is 0 Å². The van der Waals surface area contributed by atoms with Crippen LogP contribution < -0.4 is 0 Å². The maximum absolute atomic E-state index is 11.9. The molecule has 1 aliphatic rings. The first-order chi connectivity index (χ1) is 7.56. The minimum absolute atomic E-state index is 0.0155. The van der Waals surface area contributed by atoms with E-state index in [0.717, 1.165) is 4.90 Å². The topological polar surface area (TPSA) is 87.1 Å². The highest BCUT2D eigenvalue weighted by Gasteiger charge is 2.51. The lowest BCUT2D eigenvalue weighted by Gasteiger charge is -2.32. The molecule has 2 N–H and O–H groups in total. The van der Waals surface area contributed by atoms with Gasteiger partial charge in [-0.05, 0) is 27.7 Å². The van der Waals surface area contributed by atoms with Crippen LogP contribution in [0.1, 0.15) is 34.1 Å². The summed E-state index contributed by atoms with van der Waals surface area (Å²) < 4.78 is 5.13. The normalized spacial score (nSPS) is 29.2. The Kier molecular flexibility index (Phi) is 3.38. The minimum atomic E-state index is -1.40. The molecular formula is C11H19NO5. The Labute approximate surface area is 100 Å². The number of likely N-dealkylation sites (tertiary alicyclic amines) is 1. The number of aliphatic hydroxyl groups excluding tert-OH is 1. The van der Waals surface area contributed by atoms with Gasteiger partial charge in [0, 0.05) is 6.42 Å². The average Bonchev–Trinajstić information content (AvgIpc) is 2.40. The van der Waals surface area contributed by atoms with Gasteiger partial charge in [0.1, 0.15) is 11.1 Å². The van der Waals surface area contributed by atoms with Gasteiger partial charge in [-0.1, -0.05) is 0 Å². The van der Waals surface area contributed by atoms with E-state index in [1.165, 1.54) is 6.92 Å². The van der Waals surface area contributed by atoms with Gasteiger partial charge >= 0.3 is 12.1 Å². The minimum Gasteiger partial charge on any atom is -0.480 e. The molecule has 0 saturated carbocycles. The van der Waals surface area contributed by atoms with Gasteiger partial charge in [0.15, 0.2) is 0 Å². The molecule has 0 aliphatic carbocycles. The zero-order chi connectivity index (χ0) is 13.4. The van der Waals surface area contributed by atoms with Gasteiger partial charge in [-0.25, -0.2) is 9.59 Å². The third kappa shape index (κ3) is 2.88. The number of rotatable bonds is 1. The second kappa shape index (κ2) is 4.18. The molecule has 1 unspecified atom stereocenters. The lowest BCUT2D eigenvalue weighted by Crippen LogP contribution is -2.52. The van der Waals surface area contributed by atoms with Crippen LogP contribution in [0.25, 0.3) is 0 Å². The molecule has 6 nitrogen and oxygen atoms in total. The Morgan fingerprint density at radius 1 is 1.41 bits per heavy atom. The summed E-state index contributed by atoms with van der Waals surface area (Å²) in [5.41, 5.74) is -2.09. The third-order valence-corrected chi connectivity index (χ3v) is 2.70. The van der Waals surface area contributed by atoms with Gasteiger partial charge < -0.3 is 14.9 Å². The number of carbonyl (C=O) groups is 2. The summed E-state index contributed by atoms with van der Waals surface area (Å²) in [5, 5.41) is 18.7. The molecule has 1 saturated heterocycles. The summed E-state index contributed by atoms with van der Waals surface area (Å²) in [4.78, 5) is 24.1. The lowest BCUT2D eigenvalue weighted by molar-refractivity contribution is -0.148. The van der Waals surface area contributed by atoms with E-state index < -0.39 is 29.3 Å². The number of β-amino-alcohol motifs (C(OH)–C–C–N with tert-alkyl or cyclic N) is 1. The van der Waals surface area contributed by atoms with Crippen molar-refractivity contribution in [2.24, 2.45) is 0 Å². The van der Waals surface area contributed by atoms with E-state index in [9.17, 15) is 14.7 Å². The van der Waals surface area contributed by atoms with Crippen LogP contribution >= 0.6 is 0 Å². The van der Waals surface area contributed by atoms with Crippen LogP contribution in [0.4, 0.5) is 4.79 Å². The summed E-state index contributed by atoms with van der Waals surface area (Å²) in [7, 11) is 0. The molecule has 1 fully saturated rings. The fourth-order valence-electron chi connectivity index (χ4n) is 1.84. The molecule has 0 spiro atoms. The van der Waals surface area contributed by atoms with Gasteiger partial charge in [0.05, 0.1) is 12.6 Å². The third-order valence-electron chi connectivity index (χ3n) is 2.70. The number of hydrogen-bond acceptors (Lipinski definition) is 4.